The summed E-state index contributed by atoms with van der Waals surface area (Å²) in [4.78, 5) is 11.9. The van der Waals surface area contributed by atoms with Gasteiger partial charge in [0.15, 0.2) is 0 Å². The highest BCUT2D eigenvalue weighted by molar-refractivity contribution is 5.76. The van der Waals surface area contributed by atoms with E-state index in [1.54, 1.807) is 0 Å². The largest absolute Gasteiger partial charge is 0.396 e. The van der Waals surface area contributed by atoms with Gasteiger partial charge in [-0.3, -0.25) is 4.79 Å². The second-order valence-corrected chi connectivity index (χ2v) is 5.85. The molecule has 3 N–H and O–H groups in total. The van der Waals surface area contributed by atoms with Gasteiger partial charge in [-0.15, -0.1) is 0 Å². The number of aliphatic hydroxyl groups excluding tert-OH is 1. The summed E-state index contributed by atoms with van der Waals surface area (Å²) in [5.74, 6) is 1.59. The van der Waals surface area contributed by atoms with Crippen LogP contribution in [0.3, 0.4) is 0 Å². The van der Waals surface area contributed by atoms with Crippen molar-refractivity contribution in [2.75, 3.05) is 26.2 Å². The molecular formula is C14H26N2O2. The lowest BCUT2D eigenvalue weighted by atomic mass is 9.95. The van der Waals surface area contributed by atoms with E-state index < -0.39 is 0 Å². The van der Waals surface area contributed by atoms with Gasteiger partial charge in [0.05, 0.1) is 0 Å². The lowest BCUT2D eigenvalue weighted by molar-refractivity contribution is -0.122. The summed E-state index contributed by atoms with van der Waals surface area (Å²) >= 11 is 0. The highest BCUT2D eigenvalue weighted by Gasteiger charge is 2.27. The molecule has 1 saturated heterocycles. The zero-order valence-corrected chi connectivity index (χ0v) is 11.2. The van der Waals surface area contributed by atoms with E-state index in [-0.39, 0.29) is 12.5 Å². The van der Waals surface area contributed by atoms with E-state index in [0.717, 1.165) is 32.5 Å². The highest BCUT2D eigenvalue weighted by atomic mass is 16.3. The summed E-state index contributed by atoms with van der Waals surface area (Å²) in [5, 5.41) is 15.6. The summed E-state index contributed by atoms with van der Waals surface area (Å²) in [5.41, 5.74) is 0. The Morgan fingerprint density at radius 2 is 2.06 bits per heavy atom. The first kappa shape index (κ1) is 13.8. The minimum atomic E-state index is 0.187. The van der Waals surface area contributed by atoms with Crippen LogP contribution in [-0.2, 0) is 4.79 Å². The molecule has 1 aliphatic heterocycles. The number of amides is 1. The molecule has 0 aromatic heterocycles. The Morgan fingerprint density at radius 1 is 1.22 bits per heavy atom. The van der Waals surface area contributed by atoms with Crippen LogP contribution in [0.1, 0.15) is 38.5 Å². The van der Waals surface area contributed by atoms with E-state index in [4.69, 9.17) is 0 Å². The molecule has 0 aromatic carbocycles. The molecule has 0 radical (unpaired) electrons. The molecule has 2 fully saturated rings. The molecule has 0 spiro atoms. The minimum Gasteiger partial charge on any atom is -0.396 e. The maximum atomic E-state index is 11.9. The topological polar surface area (TPSA) is 61.4 Å². The van der Waals surface area contributed by atoms with Crippen molar-refractivity contribution in [3.63, 3.8) is 0 Å². The van der Waals surface area contributed by atoms with Crippen molar-refractivity contribution in [2.45, 2.75) is 38.5 Å². The van der Waals surface area contributed by atoms with E-state index in [2.05, 4.69) is 10.6 Å². The van der Waals surface area contributed by atoms with Crippen LogP contribution < -0.4 is 10.6 Å². The molecule has 0 aromatic rings. The van der Waals surface area contributed by atoms with E-state index in [1.807, 2.05) is 0 Å². The zero-order chi connectivity index (χ0) is 12.8. The van der Waals surface area contributed by atoms with E-state index in [0.29, 0.717) is 24.2 Å². The molecular weight excluding hydrogens is 228 g/mol. The number of hydrogen-bond acceptors (Lipinski definition) is 3. The fourth-order valence-corrected chi connectivity index (χ4v) is 3.30. The Labute approximate surface area is 110 Å². The second kappa shape index (κ2) is 7.10. The molecule has 1 amide bonds. The maximum Gasteiger partial charge on any atom is 0.220 e. The summed E-state index contributed by atoms with van der Waals surface area (Å²) in [6.07, 6.45) is 6.47. The lowest BCUT2D eigenvalue weighted by Crippen LogP contribution is -2.36. The molecule has 1 saturated carbocycles. The molecule has 3 unspecified atom stereocenters. The predicted octanol–water partition coefficient (Wildman–Crippen LogP) is 0.901. The molecule has 1 heterocycles. The van der Waals surface area contributed by atoms with Gasteiger partial charge in [0.25, 0.3) is 0 Å². The highest BCUT2D eigenvalue weighted by Crippen LogP contribution is 2.30. The lowest BCUT2D eigenvalue weighted by Gasteiger charge is -2.23. The smallest absolute Gasteiger partial charge is 0.220 e. The number of hydrogen-bond donors (Lipinski definition) is 3. The zero-order valence-electron chi connectivity index (χ0n) is 11.2. The van der Waals surface area contributed by atoms with Crippen LogP contribution in [0, 0.1) is 17.8 Å². The number of aliphatic hydroxyl groups is 1. The Bertz CT molecular complexity index is 265. The van der Waals surface area contributed by atoms with E-state index >= 15 is 0 Å². The van der Waals surface area contributed by atoms with Crippen LogP contribution >= 0.6 is 0 Å². The van der Waals surface area contributed by atoms with Crippen molar-refractivity contribution in [1.82, 2.24) is 10.6 Å². The average molecular weight is 254 g/mol. The first-order valence-electron chi connectivity index (χ1n) is 7.38. The Morgan fingerprint density at radius 3 is 2.78 bits per heavy atom. The molecule has 4 heteroatoms. The standard InChI is InChI=1S/C14H26N2O2/c17-10-13-5-1-4-12(13)9-16-14(18)7-11-3-2-6-15-8-11/h11-13,15,17H,1-10H2,(H,16,18). The minimum absolute atomic E-state index is 0.187. The summed E-state index contributed by atoms with van der Waals surface area (Å²) < 4.78 is 0. The van der Waals surface area contributed by atoms with Crippen molar-refractivity contribution in [3.8, 4) is 0 Å². The Hall–Kier alpha value is -0.610. The average Bonchev–Trinajstić information content (AvgIpc) is 2.85. The number of nitrogens with one attached hydrogen (secondary N) is 2. The molecule has 0 bridgehead atoms. The third kappa shape index (κ3) is 3.95. The fraction of sp³-hybridized carbons (Fsp3) is 0.929. The van der Waals surface area contributed by atoms with Gasteiger partial charge >= 0.3 is 0 Å². The number of piperidine rings is 1. The maximum absolute atomic E-state index is 11.9. The predicted molar refractivity (Wildman–Crippen MR) is 71.1 cm³/mol. The van der Waals surface area contributed by atoms with Gasteiger partial charge in [-0.2, -0.15) is 0 Å². The summed E-state index contributed by atoms with van der Waals surface area (Å²) in [6, 6.07) is 0. The van der Waals surface area contributed by atoms with Crippen molar-refractivity contribution < 1.29 is 9.90 Å². The van der Waals surface area contributed by atoms with Crippen molar-refractivity contribution >= 4 is 5.91 Å². The number of carbonyl (C=O) groups is 1. The van der Waals surface area contributed by atoms with Gasteiger partial charge in [-0.1, -0.05) is 6.42 Å². The normalized spacial score (nSPS) is 32.4. The van der Waals surface area contributed by atoms with E-state index in [9.17, 15) is 9.90 Å². The van der Waals surface area contributed by atoms with E-state index in [1.165, 1.54) is 19.3 Å². The van der Waals surface area contributed by atoms with Crippen LogP contribution in [0.25, 0.3) is 0 Å². The van der Waals surface area contributed by atoms with Crippen LogP contribution in [0.4, 0.5) is 0 Å². The molecule has 4 nitrogen and oxygen atoms in total. The summed E-state index contributed by atoms with van der Waals surface area (Å²) in [7, 11) is 0. The molecule has 18 heavy (non-hydrogen) atoms. The second-order valence-electron chi connectivity index (χ2n) is 5.85. The van der Waals surface area contributed by atoms with Gasteiger partial charge in [-0.05, 0) is 56.5 Å². The fourth-order valence-electron chi connectivity index (χ4n) is 3.30. The molecule has 1 aliphatic carbocycles. The monoisotopic (exact) mass is 254 g/mol. The Kier molecular flexibility index (Phi) is 5.45. The first-order valence-corrected chi connectivity index (χ1v) is 7.38. The Balaban J connectivity index is 1.64. The van der Waals surface area contributed by atoms with Gasteiger partial charge in [0, 0.05) is 19.6 Å². The van der Waals surface area contributed by atoms with Gasteiger partial charge in [-0.25, -0.2) is 0 Å². The summed E-state index contributed by atoms with van der Waals surface area (Å²) in [6.45, 7) is 3.10. The SMILES string of the molecule is O=C(CC1CCCNC1)NCC1CCCC1CO. The molecule has 2 rings (SSSR count). The first-order chi connectivity index (χ1) is 8.79. The van der Waals surface area contributed by atoms with Crippen LogP contribution in [0.15, 0.2) is 0 Å². The molecule has 104 valence electrons. The van der Waals surface area contributed by atoms with Gasteiger partial charge in [0.1, 0.15) is 0 Å². The van der Waals surface area contributed by atoms with Gasteiger partial charge < -0.3 is 15.7 Å². The van der Waals surface area contributed by atoms with Crippen LogP contribution in [0.5, 0.6) is 0 Å². The number of rotatable bonds is 5. The van der Waals surface area contributed by atoms with Crippen LogP contribution in [-0.4, -0.2) is 37.3 Å². The van der Waals surface area contributed by atoms with Crippen molar-refractivity contribution in [3.05, 3.63) is 0 Å². The number of carbonyl (C=O) groups excluding carboxylic acids is 1. The molecule has 3 atom stereocenters. The third-order valence-corrected chi connectivity index (χ3v) is 4.49. The quantitative estimate of drug-likeness (QED) is 0.683. The van der Waals surface area contributed by atoms with Crippen molar-refractivity contribution in [1.29, 1.82) is 0 Å². The van der Waals surface area contributed by atoms with Crippen molar-refractivity contribution in [2.24, 2.45) is 17.8 Å². The van der Waals surface area contributed by atoms with Gasteiger partial charge in [0.2, 0.25) is 5.91 Å². The van der Waals surface area contributed by atoms with Crippen LogP contribution in [0.2, 0.25) is 0 Å². The molecule has 2 aliphatic rings. The third-order valence-electron chi connectivity index (χ3n) is 4.49.